The highest BCUT2D eigenvalue weighted by Gasteiger charge is 2.42. The summed E-state index contributed by atoms with van der Waals surface area (Å²) in [5.74, 6) is -1.70. The topological polar surface area (TPSA) is 99.3 Å². The van der Waals surface area contributed by atoms with Crippen molar-refractivity contribution in [3.8, 4) is 5.75 Å². The molecule has 0 unspecified atom stereocenters. The largest absolute Gasteiger partial charge is 0.490 e. The Morgan fingerprint density at radius 1 is 1.11 bits per heavy atom. The van der Waals surface area contributed by atoms with Crippen LogP contribution in [0.3, 0.4) is 0 Å². The molecule has 6 rings (SSSR count). The number of carbonyl (C=O) groups is 2. The van der Waals surface area contributed by atoms with Crippen molar-refractivity contribution < 1.29 is 27.1 Å². The van der Waals surface area contributed by atoms with Gasteiger partial charge < -0.3 is 14.5 Å². The average molecular weight is 765 g/mol. The van der Waals surface area contributed by atoms with Crippen LogP contribution in [-0.2, 0) is 26.7 Å². The molecule has 0 bridgehead atoms. The van der Waals surface area contributed by atoms with E-state index in [1.165, 1.54) is 29.0 Å². The number of hydrogen-bond acceptors (Lipinski definition) is 7. The number of likely N-dealkylation sites (tertiary alicyclic amines) is 1. The molecular formula is C41H50ClFN4O5S. The minimum absolute atomic E-state index is 0.0169. The second kappa shape index (κ2) is 15.8. The molecule has 1 spiro atoms. The Morgan fingerprint density at radius 3 is 2.58 bits per heavy atom. The molecule has 3 aromatic rings. The molecule has 1 saturated heterocycles. The third kappa shape index (κ3) is 8.12. The highest BCUT2D eigenvalue weighted by Crippen LogP contribution is 2.44. The summed E-state index contributed by atoms with van der Waals surface area (Å²) in [6, 6.07) is 19.0. The molecule has 284 valence electrons. The van der Waals surface area contributed by atoms with E-state index in [2.05, 4.69) is 15.7 Å². The predicted octanol–water partition coefficient (Wildman–Crippen LogP) is 7.29. The van der Waals surface area contributed by atoms with Gasteiger partial charge in [0.1, 0.15) is 17.6 Å². The van der Waals surface area contributed by atoms with Gasteiger partial charge in [-0.15, -0.1) is 0 Å². The number of fused-ring (bicyclic) bond motifs is 3. The number of hydrogen-bond donors (Lipinski definition) is 1. The van der Waals surface area contributed by atoms with E-state index in [9.17, 15) is 18.0 Å². The number of rotatable bonds is 10. The Morgan fingerprint density at radius 2 is 1.87 bits per heavy atom. The Balaban J connectivity index is 1.13. The molecule has 9 nitrogen and oxygen atoms in total. The normalized spacial score (nSPS) is 22.2. The van der Waals surface area contributed by atoms with Gasteiger partial charge in [0, 0.05) is 48.4 Å². The van der Waals surface area contributed by atoms with Crippen molar-refractivity contribution in [3.63, 3.8) is 0 Å². The van der Waals surface area contributed by atoms with E-state index in [0.717, 1.165) is 32.1 Å². The standard InChI is InChI=1S/C41H50ClFN4O5S/c1-27(15-19-35(43)38(47-22-10-11-28(47)2)40(49)46(5)33-13-7-6-8-14-33)29(3)53(50,51)44-39(48)31-16-20-37-36(24-31)45(4)25-41(26-52-37)21-9-12-30-23-32(42)17-18-34(30)41/h6-8,13-14,16-20,23-24,27-29,38H,9-12,15,21-22,25-26H2,1-5H3,(H,44,48)/b35-19-/t27-,28+,29+,38+,41-/m0/s1. The van der Waals surface area contributed by atoms with Gasteiger partial charge in [0.2, 0.25) is 10.0 Å². The second-order valence-corrected chi connectivity index (χ2v) is 17.6. The molecule has 1 N–H and O–H groups in total. The maximum Gasteiger partial charge on any atom is 0.264 e. The smallest absolute Gasteiger partial charge is 0.264 e. The van der Waals surface area contributed by atoms with E-state index in [4.69, 9.17) is 16.3 Å². The molecule has 1 aliphatic carbocycles. The van der Waals surface area contributed by atoms with Gasteiger partial charge in [-0.2, -0.15) is 0 Å². The van der Waals surface area contributed by atoms with Crippen molar-refractivity contribution in [3.05, 3.63) is 100 Å². The molecule has 53 heavy (non-hydrogen) atoms. The third-order valence-electron chi connectivity index (χ3n) is 11.5. The van der Waals surface area contributed by atoms with Crippen molar-refractivity contribution in [2.45, 2.75) is 82.0 Å². The number of ether oxygens (including phenoxy) is 1. The first kappa shape index (κ1) is 38.8. The van der Waals surface area contributed by atoms with Gasteiger partial charge in [-0.05, 0) is 118 Å². The minimum Gasteiger partial charge on any atom is -0.490 e. The van der Waals surface area contributed by atoms with Crippen molar-refractivity contribution in [2.24, 2.45) is 5.92 Å². The molecule has 5 atom stereocenters. The molecule has 3 aliphatic rings. The summed E-state index contributed by atoms with van der Waals surface area (Å²) in [7, 11) is -0.568. The van der Waals surface area contributed by atoms with Crippen molar-refractivity contribution >= 4 is 44.8 Å². The zero-order chi connectivity index (χ0) is 38.1. The Kier molecular flexibility index (Phi) is 11.6. The van der Waals surface area contributed by atoms with Gasteiger partial charge in [0.15, 0.2) is 0 Å². The lowest BCUT2D eigenvalue weighted by Crippen LogP contribution is -2.49. The number of amides is 2. The molecule has 2 aliphatic heterocycles. The number of sulfonamides is 1. The molecule has 3 aromatic carbocycles. The van der Waals surface area contributed by atoms with Crippen LogP contribution in [0.15, 0.2) is 78.6 Å². The minimum atomic E-state index is -4.16. The number of nitrogens with one attached hydrogen (secondary N) is 1. The Hall–Kier alpha value is -3.93. The van der Waals surface area contributed by atoms with Crippen LogP contribution in [0.1, 0.15) is 74.4 Å². The van der Waals surface area contributed by atoms with Gasteiger partial charge in [0.05, 0.1) is 17.5 Å². The van der Waals surface area contributed by atoms with E-state index < -0.39 is 39.0 Å². The quantitative estimate of drug-likeness (QED) is 0.232. The summed E-state index contributed by atoms with van der Waals surface area (Å²) in [5, 5.41) is -0.321. The lowest BCUT2D eigenvalue weighted by molar-refractivity contribution is -0.123. The van der Waals surface area contributed by atoms with E-state index in [1.54, 1.807) is 44.3 Å². The maximum atomic E-state index is 16.1. The summed E-state index contributed by atoms with van der Waals surface area (Å²) in [6.45, 7) is 6.91. The molecule has 12 heteroatoms. The van der Waals surface area contributed by atoms with Crippen molar-refractivity contribution in [1.82, 2.24) is 9.62 Å². The van der Waals surface area contributed by atoms with E-state index in [0.29, 0.717) is 41.8 Å². The molecule has 2 heterocycles. The SMILES string of the molecule is C[C@@H]1CCCN1[C@@H](C(=O)N(C)c1ccccc1)/C(F)=C/C[C@H](C)[C@@H](C)S(=O)(=O)NC(=O)c1ccc2c(c1)N(C)C[C@@]1(CCCc3cc(Cl)ccc31)CO2. The molecule has 0 saturated carbocycles. The molecule has 0 radical (unpaired) electrons. The zero-order valence-electron chi connectivity index (χ0n) is 31.1. The zero-order valence-corrected chi connectivity index (χ0v) is 32.7. The monoisotopic (exact) mass is 764 g/mol. The summed E-state index contributed by atoms with van der Waals surface area (Å²) in [6.07, 6.45) is 6.01. The predicted molar refractivity (Wildman–Crippen MR) is 209 cm³/mol. The van der Waals surface area contributed by atoms with Gasteiger partial charge in [-0.25, -0.2) is 17.5 Å². The van der Waals surface area contributed by atoms with Gasteiger partial charge >= 0.3 is 0 Å². The van der Waals surface area contributed by atoms with Crippen LogP contribution in [0.2, 0.25) is 5.02 Å². The van der Waals surface area contributed by atoms with Crippen molar-refractivity contribution in [1.29, 1.82) is 0 Å². The molecule has 0 aromatic heterocycles. The Bertz CT molecular complexity index is 1980. The number of benzene rings is 3. The number of aryl methyl sites for hydroxylation is 1. The maximum absolute atomic E-state index is 16.1. The van der Waals surface area contributed by atoms with Crippen LogP contribution in [0, 0.1) is 5.92 Å². The molecule has 2 amide bonds. The number of nitrogens with zero attached hydrogens (tertiary/aromatic N) is 3. The van der Waals surface area contributed by atoms with Crippen LogP contribution < -0.4 is 19.3 Å². The Labute approximate surface area is 318 Å². The highest BCUT2D eigenvalue weighted by atomic mass is 35.5. The summed E-state index contributed by atoms with van der Waals surface area (Å²) < 4.78 is 51.8. The fraction of sp³-hybridized carbons (Fsp3) is 0.463. The van der Waals surface area contributed by atoms with Crippen LogP contribution >= 0.6 is 11.6 Å². The number of likely N-dealkylation sites (N-methyl/N-ethyl adjacent to an activating group) is 2. The number of anilines is 2. The average Bonchev–Trinajstić information content (AvgIpc) is 3.50. The summed E-state index contributed by atoms with van der Waals surface area (Å²) >= 11 is 6.32. The van der Waals surface area contributed by atoms with Gasteiger partial charge in [-0.1, -0.05) is 48.9 Å². The molecule has 1 fully saturated rings. The van der Waals surface area contributed by atoms with Crippen LogP contribution in [-0.4, -0.2) is 76.3 Å². The number of allylic oxidation sites excluding steroid dienone is 1. The first-order valence-corrected chi connectivity index (χ1v) is 20.4. The van der Waals surface area contributed by atoms with Gasteiger partial charge in [0.25, 0.3) is 11.8 Å². The molecular weight excluding hydrogens is 715 g/mol. The van der Waals surface area contributed by atoms with E-state index in [-0.39, 0.29) is 29.3 Å². The van der Waals surface area contributed by atoms with Crippen LogP contribution in [0.25, 0.3) is 0 Å². The fourth-order valence-corrected chi connectivity index (χ4v) is 9.62. The van der Waals surface area contributed by atoms with Crippen molar-refractivity contribution in [2.75, 3.05) is 43.6 Å². The lowest BCUT2D eigenvalue weighted by Gasteiger charge is -2.39. The fourth-order valence-electron chi connectivity index (χ4n) is 8.14. The van der Waals surface area contributed by atoms with E-state index >= 15 is 4.39 Å². The number of para-hydroxylation sites is 1. The van der Waals surface area contributed by atoms with Gasteiger partial charge in [-0.3, -0.25) is 14.5 Å². The number of halogens is 2. The van der Waals surface area contributed by atoms with Crippen LogP contribution in [0.4, 0.5) is 15.8 Å². The number of carbonyl (C=O) groups excluding carboxylic acids is 2. The summed E-state index contributed by atoms with van der Waals surface area (Å²) in [5.41, 5.74) is 3.73. The summed E-state index contributed by atoms with van der Waals surface area (Å²) in [4.78, 5) is 32.6. The highest BCUT2D eigenvalue weighted by molar-refractivity contribution is 7.90. The first-order valence-electron chi connectivity index (χ1n) is 18.5. The van der Waals surface area contributed by atoms with E-state index in [1.807, 2.05) is 49.2 Å². The second-order valence-electron chi connectivity index (χ2n) is 15.1. The van der Waals surface area contributed by atoms with Crippen LogP contribution in [0.5, 0.6) is 5.75 Å². The lowest BCUT2D eigenvalue weighted by atomic mass is 9.70. The first-order chi connectivity index (χ1) is 25.2. The third-order valence-corrected chi connectivity index (χ3v) is 13.7.